The second-order valence-corrected chi connectivity index (χ2v) is 4.95. The molecule has 0 aliphatic heterocycles. The number of hydrogen-bond acceptors (Lipinski definition) is 3. The molecule has 1 N–H and O–H groups in total. The standard InChI is InChI=1S/C18H23NO2/c1-19-18(16-6-4-5-7-17(16)21-3)15-10-8-14(9-11-15)12-13-20-2/h4-11,18-19H,12-13H2,1-3H3. The Bertz CT molecular complexity index is 551. The Balaban J connectivity index is 2.24. The van der Waals surface area contributed by atoms with Crippen LogP contribution in [-0.4, -0.2) is 27.9 Å². The van der Waals surface area contributed by atoms with Gasteiger partial charge in [0.2, 0.25) is 0 Å². The van der Waals surface area contributed by atoms with E-state index < -0.39 is 0 Å². The highest BCUT2D eigenvalue weighted by Crippen LogP contribution is 2.29. The predicted molar refractivity (Wildman–Crippen MR) is 85.9 cm³/mol. The molecule has 0 aliphatic carbocycles. The first-order chi connectivity index (χ1) is 10.3. The second kappa shape index (κ2) is 7.81. The lowest BCUT2D eigenvalue weighted by atomic mass is 9.96. The van der Waals surface area contributed by atoms with Crippen LogP contribution in [0.25, 0.3) is 0 Å². The third kappa shape index (κ3) is 3.84. The predicted octanol–water partition coefficient (Wildman–Crippen LogP) is 3.19. The molecule has 1 atom stereocenters. The normalized spacial score (nSPS) is 12.1. The Hall–Kier alpha value is -1.84. The maximum atomic E-state index is 5.47. The average molecular weight is 285 g/mol. The molecule has 2 rings (SSSR count). The van der Waals surface area contributed by atoms with E-state index in [4.69, 9.17) is 9.47 Å². The lowest BCUT2D eigenvalue weighted by molar-refractivity contribution is 0.202. The molecule has 0 radical (unpaired) electrons. The summed E-state index contributed by atoms with van der Waals surface area (Å²) in [5, 5.41) is 3.37. The number of nitrogens with one attached hydrogen (secondary N) is 1. The fourth-order valence-corrected chi connectivity index (χ4v) is 2.50. The molecule has 21 heavy (non-hydrogen) atoms. The van der Waals surface area contributed by atoms with Crippen LogP contribution in [0.15, 0.2) is 48.5 Å². The summed E-state index contributed by atoms with van der Waals surface area (Å²) < 4.78 is 10.6. The maximum Gasteiger partial charge on any atom is 0.123 e. The summed E-state index contributed by atoms with van der Waals surface area (Å²) >= 11 is 0. The van der Waals surface area contributed by atoms with Gasteiger partial charge in [-0.2, -0.15) is 0 Å². The Morgan fingerprint density at radius 2 is 1.71 bits per heavy atom. The highest BCUT2D eigenvalue weighted by Gasteiger charge is 2.15. The number of ether oxygens (including phenoxy) is 2. The Morgan fingerprint density at radius 3 is 2.33 bits per heavy atom. The topological polar surface area (TPSA) is 30.5 Å². The summed E-state index contributed by atoms with van der Waals surface area (Å²) in [5.41, 5.74) is 3.66. The van der Waals surface area contributed by atoms with Crippen molar-refractivity contribution in [1.29, 1.82) is 0 Å². The van der Waals surface area contributed by atoms with E-state index in [9.17, 15) is 0 Å². The summed E-state index contributed by atoms with van der Waals surface area (Å²) in [4.78, 5) is 0. The van der Waals surface area contributed by atoms with E-state index in [0.717, 1.165) is 24.3 Å². The molecule has 0 spiro atoms. The van der Waals surface area contributed by atoms with E-state index in [1.807, 2.05) is 25.2 Å². The van der Waals surface area contributed by atoms with Gasteiger partial charge in [0.05, 0.1) is 19.8 Å². The molecular weight excluding hydrogens is 262 g/mol. The van der Waals surface area contributed by atoms with Crippen molar-refractivity contribution in [2.24, 2.45) is 0 Å². The third-order valence-corrected chi connectivity index (χ3v) is 3.65. The van der Waals surface area contributed by atoms with Crippen molar-refractivity contribution in [1.82, 2.24) is 5.32 Å². The van der Waals surface area contributed by atoms with Crippen molar-refractivity contribution in [3.8, 4) is 5.75 Å². The monoisotopic (exact) mass is 285 g/mol. The van der Waals surface area contributed by atoms with Crippen LogP contribution < -0.4 is 10.1 Å². The van der Waals surface area contributed by atoms with E-state index >= 15 is 0 Å². The van der Waals surface area contributed by atoms with Crippen molar-refractivity contribution < 1.29 is 9.47 Å². The van der Waals surface area contributed by atoms with Crippen LogP contribution in [0.2, 0.25) is 0 Å². The first-order valence-electron chi connectivity index (χ1n) is 7.18. The lowest BCUT2D eigenvalue weighted by Crippen LogP contribution is -2.18. The van der Waals surface area contributed by atoms with Gasteiger partial charge in [0.1, 0.15) is 5.75 Å². The van der Waals surface area contributed by atoms with Gasteiger partial charge in [0, 0.05) is 12.7 Å². The van der Waals surface area contributed by atoms with E-state index in [2.05, 4.69) is 35.6 Å². The molecule has 0 fully saturated rings. The van der Waals surface area contributed by atoms with Crippen LogP contribution in [0.5, 0.6) is 5.75 Å². The van der Waals surface area contributed by atoms with Crippen molar-refractivity contribution in [2.75, 3.05) is 27.9 Å². The van der Waals surface area contributed by atoms with E-state index in [0.29, 0.717) is 0 Å². The Morgan fingerprint density at radius 1 is 1.00 bits per heavy atom. The number of para-hydroxylation sites is 1. The largest absolute Gasteiger partial charge is 0.496 e. The van der Waals surface area contributed by atoms with Gasteiger partial charge in [-0.1, -0.05) is 42.5 Å². The summed E-state index contributed by atoms with van der Waals surface area (Å²) in [7, 11) is 5.41. The van der Waals surface area contributed by atoms with Crippen molar-refractivity contribution >= 4 is 0 Å². The first-order valence-corrected chi connectivity index (χ1v) is 7.18. The molecule has 0 amide bonds. The smallest absolute Gasteiger partial charge is 0.123 e. The highest BCUT2D eigenvalue weighted by molar-refractivity contribution is 5.42. The van der Waals surface area contributed by atoms with Gasteiger partial charge in [-0.05, 0) is 30.7 Å². The minimum Gasteiger partial charge on any atom is -0.496 e. The van der Waals surface area contributed by atoms with Gasteiger partial charge in [-0.25, -0.2) is 0 Å². The summed E-state index contributed by atoms with van der Waals surface area (Å²) in [5.74, 6) is 0.903. The zero-order valence-electron chi connectivity index (χ0n) is 12.9. The quantitative estimate of drug-likeness (QED) is 0.847. The molecule has 2 aromatic rings. The maximum absolute atomic E-state index is 5.47. The van der Waals surface area contributed by atoms with Crippen LogP contribution in [0.3, 0.4) is 0 Å². The fourth-order valence-electron chi connectivity index (χ4n) is 2.50. The zero-order chi connectivity index (χ0) is 15.1. The van der Waals surface area contributed by atoms with Crippen LogP contribution >= 0.6 is 0 Å². The highest BCUT2D eigenvalue weighted by atomic mass is 16.5. The number of methoxy groups -OCH3 is 2. The molecule has 3 nitrogen and oxygen atoms in total. The van der Waals surface area contributed by atoms with E-state index in [-0.39, 0.29) is 6.04 Å². The van der Waals surface area contributed by atoms with Gasteiger partial charge >= 0.3 is 0 Å². The third-order valence-electron chi connectivity index (χ3n) is 3.65. The van der Waals surface area contributed by atoms with Gasteiger partial charge in [-0.15, -0.1) is 0 Å². The second-order valence-electron chi connectivity index (χ2n) is 4.95. The van der Waals surface area contributed by atoms with E-state index in [1.54, 1.807) is 14.2 Å². The Kier molecular flexibility index (Phi) is 5.78. The van der Waals surface area contributed by atoms with Crippen molar-refractivity contribution in [2.45, 2.75) is 12.5 Å². The van der Waals surface area contributed by atoms with Gasteiger partial charge < -0.3 is 14.8 Å². The molecule has 1 unspecified atom stereocenters. The van der Waals surface area contributed by atoms with Crippen molar-refractivity contribution in [3.05, 3.63) is 65.2 Å². The summed E-state index contributed by atoms with van der Waals surface area (Å²) in [6, 6.07) is 16.9. The first kappa shape index (κ1) is 15.5. The fraction of sp³-hybridized carbons (Fsp3) is 0.333. The number of benzene rings is 2. The van der Waals surface area contributed by atoms with Crippen LogP contribution in [0.1, 0.15) is 22.7 Å². The molecule has 0 aromatic heterocycles. The molecule has 0 aliphatic rings. The SMILES string of the molecule is CNC(c1ccc(CCOC)cc1)c1ccccc1OC. The molecule has 2 aromatic carbocycles. The lowest BCUT2D eigenvalue weighted by Gasteiger charge is -2.20. The minimum absolute atomic E-state index is 0.123. The van der Waals surface area contributed by atoms with Gasteiger partial charge in [0.15, 0.2) is 0 Å². The van der Waals surface area contributed by atoms with Crippen molar-refractivity contribution in [3.63, 3.8) is 0 Å². The van der Waals surface area contributed by atoms with Crippen LogP contribution in [-0.2, 0) is 11.2 Å². The van der Waals surface area contributed by atoms with Crippen LogP contribution in [0.4, 0.5) is 0 Å². The summed E-state index contributed by atoms with van der Waals surface area (Å²) in [6.07, 6.45) is 0.940. The Labute approximate surface area is 126 Å². The molecule has 0 bridgehead atoms. The molecule has 112 valence electrons. The molecule has 0 saturated carbocycles. The molecule has 3 heteroatoms. The number of rotatable bonds is 7. The van der Waals surface area contributed by atoms with Gasteiger partial charge in [-0.3, -0.25) is 0 Å². The number of hydrogen-bond donors (Lipinski definition) is 1. The van der Waals surface area contributed by atoms with Crippen LogP contribution in [0, 0.1) is 0 Å². The minimum atomic E-state index is 0.123. The average Bonchev–Trinajstić information content (AvgIpc) is 2.55. The molecule has 0 saturated heterocycles. The zero-order valence-corrected chi connectivity index (χ0v) is 12.9. The molecular formula is C18H23NO2. The van der Waals surface area contributed by atoms with E-state index in [1.165, 1.54) is 11.1 Å². The summed E-state index contributed by atoms with van der Waals surface area (Å²) in [6.45, 7) is 0.751. The molecule has 0 heterocycles. The van der Waals surface area contributed by atoms with Gasteiger partial charge in [0.25, 0.3) is 0 Å².